The van der Waals surface area contributed by atoms with Crippen LogP contribution < -0.4 is 10.1 Å². The number of hydrogen-bond donors (Lipinski definition) is 3. The maximum atomic E-state index is 14.4. The van der Waals surface area contributed by atoms with E-state index in [2.05, 4.69) is 20.3 Å². The molecule has 0 aliphatic heterocycles. The van der Waals surface area contributed by atoms with E-state index in [1.165, 1.54) is 18.3 Å². The Kier molecular flexibility index (Phi) is 6.09. The predicted octanol–water partition coefficient (Wildman–Crippen LogP) is 5.12. The van der Waals surface area contributed by atoms with E-state index >= 15 is 0 Å². The molecule has 7 nitrogen and oxygen atoms in total. The van der Waals surface area contributed by atoms with Gasteiger partial charge in [-0.1, -0.05) is 12.1 Å². The van der Waals surface area contributed by atoms with E-state index in [9.17, 15) is 14.3 Å². The van der Waals surface area contributed by atoms with Crippen molar-refractivity contribution in [3.63, 3.8) is 0 Å². The minimum absolute atomic E-state index is 0.0126. The van der Waals surface area contributed by atoms with Crippen LogP contribution in [0.1, 0.15) is 27.2 Å². The van der Waals surface area contributed by atoms with Gasteiger partial charge in [-0.05, 0) is 54.1 Å². The van der Waals surface area contributed by atoms with Crippen LogP contribution in [0.3, 0.4) is 0 Å². The first kappa shape index (κ1) is 22.1. The van der Waals surface area contributed by atoms with E-state index < -0.39 is 5.82 Å². The molecule has 0 spiro atoms. The van der Waals surface area contributed by atoms with Gasteiger partial charge >= 0.3 is 0 Å². The lowest BCUT2D eigenvalue weighted by atomic mass is 10.1. The number of nitrogens with zero attached hydrogens (tertiary/aromatic N) is 2. The molecule has 0 bridgehead atoms. The number of benzene rings is 2. The number of aromatic nitrogens is 3. The SMILES string of the molecule is O=C(NCc1cc2c(O)c[nH]c2cc1F)c1ccnc(Cc2ccc(Oc3cccnc3)cc2)c1. The van der Waals surface area contributed by atoms with Crippen molar-refractivity contribution in [2.24, 2.45) is 0 Å². The average Bonchev–Trinajstić information content (AvgIpc) is 3.23. The van der Waals surface area contributed by atoms with Crippen LogP contribution in [0.15, 0.2) is 85.5 Å². The number of amides is 1. The van der Waals surface area contributed by atoms with E-state index in [0.717, 1.165) is 11.3 Å². The summed E-state index contributed by atoms with van der Waals surface area (Å²) in [5.74, 6) is 0.576. The third-order valence-electron chi connectivity index (χ3n) is 5.52. The number of aromatic amines is 1. The Labute approximate surface area is 200 Å². The van der Waals surface area contributed by atoms with Crippen molar-refractivity contribution >= 4 is 16.8 Å². The molecule has 0 aliphatic rings. The average molecular weight is 468 g/mol. The van der Waals surface area contributed by atoms with Gasteiger partial charge in [-0.3, -0.25) is 14.8 Å². The molecule has 35 heavy (non-hydrogen) atoms. The molecular weight excluding hydrogens is 447 g/mol. The van der Waals surface area contributed by atoms with Crippen LogP contribution in [-0.4, -0.2) is 26.0 Å². The molecule has 0 fully saturated rings. The highest BCUT2D eigenvalue weighted by molar-refractivity contribution is 5.94. The van der Waals surface area contributed by atoms with Gasteiger partial charge in [-0.25, -0.2) is 4.39 Å². The monoisotopic (exact) mass is 468 g/mol. The van der Waals surface area contributed by atoms with Crippen molar-refractivity contribution in [1.29, 1.82) is 0 Å². The molecular formula is C27H21FN4O3. The molecule has 0 atom stereocenters. The molecule has 0 radical (unpaired) electrons. The first-order valence-electron chi connectivity index (χ1n) is 10.9. The topological polar surface area (TPSA) is 100 Å². The largest absolute Gasteiger partial charge is 0.506 e. The molecule has 8 heteroatoms. The number of H-pyrrole nitrogens is 1. The van der Waals surface area contributed by atoms with Crippen molar-refractivity contribution in [2.75, 3.05) is 0 Å². The molecule has 3 heterocycles. The van der Waals surface area contributed by atoms with Gasteiger partial charge in [0, 0.05) is 53.8 Å². The summed E-state index contributed by atoms with van der Waals surface area (Å²) in [5, 5.41) is 13.1. The van der Waals surface area contributed by atoms with Crippen molar-refractivity contribution in [3.05, 3.63) is 114 Å². The Morgan fingerprint density at radius 2 is 1.91 bits per heavy atom. The zero-order valence-corrected chi connectivity index (χ0v) is 18.5. The standard InChI is InChI=1S/C27H21FN4O3/c28-24-13-25-23(26(33)16-31-25)12-19(24)14-32-27(34)18-7-9-30-20(11-18)10-17-3-5-21(6-4-17)35-22-2-1-8-29-15-22/h1-9,11-13,15-16,31,33H,10,14H2,(H,32,34). The molecule has 1 amide bonds. The number of carbonyl (C=O) groups excluding carboxylic acids is 1. The van der Waals surface area contributed by atoms with E-state index in [-0.39, 0.29) is 23.8 Å². The second-order valence-electron chi connectivity index (χ2n) is 7.99. The zero-order chi connectivity index (χ0) is 24.2. The Morgan fingerprint density at radius 1 is 1.06 bits per heavy atom. The zero-order valence-electron chi connectivity index (χ0n) is 18.5. The van der Waals surface area contributed by atoms with Crippen LogP contribution in [0.25, 0.3) is 10.9 Å². The molecule has 0 saturated carbocycles. The van der Waals surface area contributed by atoms with Gasteiger partial charge < -0.3 is 20.1 Å². The highest BCUT2D eigenvalue weighted by Gasteiger charge is 2.12. The molecule has 3 N–H and O–H groups in total. The lowest BCUT2D eigenvalue weighted by molar-refractivity contribution is 0.0950. The maximum Gasteiger partial charge on any atom is 0.251 e. The summed E-state index contributed by atoms with van der Waals surface area (Å²) in [6.07, 6.45) is 6.84. The van der Waals surface area contributed by atoms with Gasteiger partial charge in [0.2, 0.25) is 0 Å². The first-order chi connectivity index (χ1) is 17.0. The Bertz CT molecular complexity index is 1480. The third-order valence-corrected chi connectivity index (χ3v) is 5.52. The van der Waals surface area contributed by atoms with Gasteiger partial charge in [0.15, 0.2) is 0 Å². The third kappa shape index (κ3) is 5.11. The van der Waals surface area contributed by atoms with Crippen molar-refractivity contribution < 1.29 is 19.0 Å². The Balaban J connectivity index is 1.23. The summed E-state index contributed by atoms with van der Waals surface area (Å²) < 4.78 is 20.1. The number of ether oxygens (including phenoxy) is 1. The normalized spacial score (nSPS) is 10.9. The summed E-state index contributed by atoms with van der Waals surface area (Å²) in [7, 11) is 0. The van der Waals surface area contributed by atoms with E-state index in [1.807, 2.05) is 30.3 Å². The maximum absolute atomic E-state index is 14.4. The van der Waals surface area contributed by atoms with Crippen molar-refractivity contribution in [2.45, 2.75) is 13.0 Å². The van der Waals surface area contributed by atoms with Gasteiger partial charge in [0.25, 0.3) is 5.91 Å². The summed E-state index contributed by atoms with van der Waals surface area (Å²) in [6, 6.07) is 17.4. The van der Waals surface area contributed by atoms with Gasteiger partial charge in [-0.2, -0.15) is 0 Å². The molecule has 0 unspecified atom stereocenters. The minimum Gasteiger partial charge on any atom is -0.506 e. The van der Waals surface area contributed by atoms with E-state index in [1.54, 1.807) is 36.8 Å². The second-order valence-corrected chi connectivity index (χ2v) is 7.99. The smallest absolute Gasteiger partial charge is 0.251 e. The lowest BCUT2D eigenvalue weighted by Gasteiger charge is -2.09. The fourth-order valence-electron chi connectivity index (χ4n) is 3.73. The number of carbonyl (C=O) groups is 1. The number of halogens is 1. The van der Waals surface area contributed by atoms with Gasteiger partial charge in [0.1, 0.15) is 23.1 Å². The Morgan fingerprint density at radius 3 is 2.71 bits per heavy atom. The quantitative estimate of drug-likeness (QED) is 0.308. The number of aromatic hydroxyl groups is 1. The molecule has 5 rings (SSSR count). The van der Waals surface area contributed by atoms with Crippen molar-refractivity contribution in [1.82, 2.24) is 20.3 Å². The fraction of sp³-hybridized carbons (Fsp3) is 0.0741. The van der Waals surface area contributed by atoms with Crippen LogP contribution in [-0.2, 0) is 13.0 Å². The van der Waals surface area contributed by atoms with Crippen molar-refractivity contribution in [3.8, 4) is 17.2 Å². The molecule has 2 aromatic carbocycles. The summed E-state index contributed by atoms with van der Waals surface area (Å²) >= 11 is 0. The first-order valence-corrected chi connectivity index (χ1v) is 10.9. The predicted molar refractivity (Wildman–Crippen MR) is 129 cm³/mol. The number of nitrogens with one attached hydrogen (secondary N) is 2. The molecule has 174 valence electrons. The van der Waals surface area contributed by atoms with Gasteiger partial charge in [-0.15, -0.1) is 0 Å². The molecule has 0 saturated heterocycles. The van der Waals surface area contributed by atoms with Crippen LogP contribution in [0, 0.1) is 5.82 Å². The number of hydrogen-bond acceptors (Lipinski definition) is 5. The molecule has 3 aromatic heterocycles. The van der Waals surface area contributed by atoms with Gasteiger partial charge in [0.05, 0.1) is 11.7 Å². The molecule has 5 aromatic rings. The Hall–Kier alpha value is -4.72. The van der Waals surface area contributed by atoms with E-state index in [0.29, 0.717) is 34.4 Å². The summed E-state index contributed by atoms with van der Waals surface area (Å²) in [6.45, 7) is -0.0126. The number of pyridine rings is 2. The van der Waals surface area contributed by atoms with Crippen LogP contribution >= 0.6 is 0 Å². The fourth-order valence-corrected chi connectivity index (χ4v) is 3.73. The summed E-state index contributed by atoms with van der Waals surface area (Å²) in [4.78, 5) is 23.9. The highest BCUT2D eigenvalue weighted by atomic mass is 19.1. The lowest BCUT2D eigenvalue weighted by Crippen LogP contribution is -2.23. The molecule has 0 aliphatic carbocycles. The summed E-state index contributed by atoms with van der Waals surface area (Å²) in [5.41, 5.74) is 2.94. The van der Waals surface area contributed by atoms with E-state index in [4.69, 9.17) is 4.74 Å². The van der Waals surface area contributed by atoms with Crippen LogP contribution in [0.2, 0.25) is 0 Å². The minimum atomic E-state index is -0.467. The number of fused-ring (bicyclic) bond motifs is 1. The highest BCUT2D eigenvalue weighted by Crippen LogP contribution is 2.27. The second kappa shape index (κ2) is 9.64. The number of rotatable bonds is 7. The van der Waals surface area contributed by atoms with Crippen LogP contribution in [0.5, 0.6) is 17.2 Å². The van der Waals surface area contributed by atoms with Crippen LogP contribution in [0.4, 0.5) is 4.39 Å².